The third kappa shape index (κ3) is 3.71. The molecule has 0 aliphatic carbocycles. The lowest BCUT2D eigenvalue weighted by Gasteiger charge is -2.23. The van der Waals surface area contributed by atoms with E-state index in [2.05, 4.69) is 18.8 Å². The van der Waals surface area contributed by atoms with Crippen LogP contribution < -0.4 is 0 Å². The fourth-order valence-electron chi connectivity index (χ4n) is 2.14. The first kappa shape index (κ1) is 15.3. The molecule has 2 aromatic carbocycles. The molecule has 0 radical (unpaired) electrons. The molecule has 0 aliphatic rings. The van der Waals surface area contributed by atoms with Crippen LogP contribution in [0.15, 0.2) is 54.6 Å². The molecule has 2 aromatic rings. The molecule has 0 bridgehead atoms. The normalized spacial score (nSPS) is 13.1. The molecule has 0 heterocycles. The monoisotopic (exact) mass is 282 g/mol. The lowest BCUT2D eigenvalue weighted by molar-refractivity contribution is 0.145. The molecule has 1 N–H and O–H groups in total. The Bertz CT molecular complexity index is 622. The van der Waals surface area contributed by atoms with E-state index in [4.69, 9.17) is 0 Å². The predicted molar refractivity (Wildman–Crippen MR) is 83.1 cm³/mol. The zero-order valence-corrected chi connectivity index (χ0v) is 12.1. The average Bonchev–Trinajstić information content (AvgIpc) is 2.53. The van der Waals surface area contributed by atoms with Crippen molar-refractivity contribution < 1.29 is 9.50 Å². The Morgan fingerprint density at radius 1 is 1.00 bits per heavy atom. The van der Waals surface area contributed by atoms with Gasteiger partial charge in [-0.25, -0.2) is 4.39 Å². The summed E-state index contributed by atoms with van der Waals surface area (Å²) in [6.45, 7) is 2.10. The van der Waals surface area contributed by atoms with Gasteiger partial charge in [0.05, 0.1) is 0 Å². The molecule has 1 nitrogen and oxygen atoms in total. The second-order valence-corrected chi connectivity index (χ2v) is 4.99. The van der Waals surface area contributed by atoms with Crippen molar-refractivity contribution in [3.8, 4) is 11.8 Å². The standard InChI is InChI=1S/C19H19FO/c1-2-3-4-8-15-19(21,16-9-6-5-7-10-16)17-11-13-18(20)14-12-17/h5-7,9-14,21H,2-4H2,1H3. The summed E-state index contributed by atoms with van der Waals surface area (Å²) in [5, 5.41) is 11.0. The zero-order valence-electron chi connectivity index (χ0n) is 12.1. The van der Waals surface area contributed by atoms with Crippen LogP contribution in [-0.4, -0.2) is 5.11 Å². The Balaban J connectivity index is 2.42. The van der Waals surface area contributed by atoms with Crippen LogP contribution >= 0.6 is 0 Å². The smallest absolute Gasteiger partial charge is 0.176 e. The van der Waals surface area contributed by atoms with Crippen LogP contribution in [0.3, 0.4) is 0 Å². The third-order valence-corrected chi connectivity index (χ3v) is 3.38. The topological polar surface area (TPSA) is 20.2 Å². The van der Waals surface area contributed by atoms with Crippen LogP contribution in [0, 0.1) is 17.7 Å². The number of aliphatic hydroxyl groups is 1. The number of hydrogen-bond donors (Lipinski definition) is 1. The Labute approximate surface area is 125 Å². The van der Waals surface area contributed by atoms with Gasteiger partial charge in [0.15, 0.2) is 5.60 Å². The van der Waals surface area contributed by atoms with Crippen molar-refractivity contribution >= 4 is 0 Å². The molecule has 0 spiro atoms. The highest BCUT2D eigenvalue weighted by atomic mass is 19.1. The number of halogens is 1. The molecule has 0 saturated heterocycles. The lowest BCUT2D eigenvalue weighted by Crippen LogP contribution is -2.25. The first-order valence-corrected chi connectivity index (χ1v) is 7.21. The van der Waals surface area contributed by atoms with E-state index in [-0.39, 0.29) is 5.82 Å². The second-order valence-electron chi connectivity index (χ2n) is 4.99. The number of hydrogen-bond acceptors (Lipinski definition) is 1. The minimum Gasteiger partial charge on any atom is -0.369 e. The van der Waals surface area contributed by atoms with E-state index in [0.29, 0.717) is 11.1 Å². The van der Waals surface area contributed by atoms with Crippen LogP contribution in [0.5, 0.6) is 0 Å². The van der Waals surface area contributed by atoms with E-state index in [1.165, 1.54) is 12.1 Å². The van der Waals surface area contributed by atoms with Crippen LogP contribution in [0.1, 0.15) is 37.3 Å². The summed E-state index contributed by atoms with van der Waals surface area (Å²) in [5.41, 5.74) is -0.123. The van der Waals surface area contributed by atoms with Crippen molar-refractivity contribution in [3.05, 3.63) is 71.5 Å². The second kappa shape index (κ2) is 7.06. The van der Waals surface area contributed by atoms with Gasteiger partial charge in [-0.15, -0.1) is 0 Å². The van der Waals surface area contributed by atoms with Crippen molar-refractivity contribution in [2.45, 2.75) is 31.8 Å². The van der Waals surface area contributed by atoms with Crippen molar-refractivity contribution in [2.24, 2.45) is 0 Å². The van der Waals surface area contributed by atoms with Gasteiger partial charge in [0.2, 0.25) is 0 Å². The highest BCUT2D eigenvalue weighted by Gasteiger charge is 2.29. The van der Waals surface area contributed by atoms with Gasteiger partial charge in [0.25, 0.3) is 0 Å². The van der Waals surface area contributed by atoms with Crippen LogP contribution in [0.25, 0.3) is 0 Å². The minimum atomic E-state index is -1.40. The first-order chi connectivity index (χ1) is 10.2. The van der Waals surface area contributed by atoms with Crippen molar-refractivity contribution in [1.82, 2.24) is 0 Å². The molecule has 1 unspecified atom stereocenters. The first-order valence-electron chi connectivity index (χ1n) is 7.21. The van der Waals surface area contributed by atoms with Crippen molar-refractivity contribution in [2.75, 3.05) is 0 Å². The zero-order chi connectivity index (χ0) is 15.1. The largest absolute Gasteiger partial charge is 0.369 e. The SMILES string of the molecule is CCCCC#CC(O)(c1ccccc1)c1ccc(F)cc1. The van der Waals surface area contributed by atoms with E-state index >= 15 is 0 Å². The summed E-state index contributed by atoms with van der Waals surface area (Å²) in [7, 11) is 0. The molecule has 2 rings (SSSR count). The predicted octanol–water partition coefficient (Wildman–Crippen LogP) is 4.26. The highest BCUT2D eigenvalue weighted by Crippen LogP contribution is 2.29. The van der Waals surface area contributed by atoms with Gasteiger partial charge in [-0.3, -0.25) is 0 Å². The van der Waals surface area contributed by atoms with E-state index in [0.717, 1.165) is 19.3 Å². The Morgan fingerprint density at radius 2 is 1.62 bits per heavy atom. The summed E-state index contributed by atoms with van der Waals surface area (Å²) < 4.78 is 13.1. The van der Waals surface area contributed by atoms with Gasteiger partial charge in [0, 0.05) is 17.5 Å². The molecule has 0 fully saturated rings. The molecule has 2 heteroatoms. The molecular weight excluding hydrogens is 263 g/mol. The molecule has 0 saturated carbocycles. The third-order valence-electron chi connectivity index (χ3n) is 3.38. The van der Waals surface area contributed by atoms with E-state index < -0.39 is 5.60 Å². The minimum absolute atomic E-state index is 0.326. The summed E-state index contributed by atoms with van der Waals surface area (Å²) in [6, 6.07) is 15.1. The summed E-state index contributed by atoms with van der Waals surface area (Å²) >= 11 is 0. The Hall–Kier alpha value is -2.11. The Kier molecular flexibility index (Phi) is 5.14. The fraction of sp³-hybridized carbons (Fsp3) is 0.263. The highest BCUT2D eigenvalue weighted by molar-refractivity contribution is 5.44. The lowest BCUT2D eigenvalue weighted by atomic mass is 9.86. The molecule has 21 heavy (non-hydrogen) atoms. The molecule has 0 amide bonds. The average molecular weight is 282 g/mol. The molecular formula is C19H19FO. The number of rotatable bonds is 4. The van der Waals surface area contributed by atoms with Crippen LogP contribution in [0.4, 0.5) is 4.39 Å². The van der Waals surface area contributed by atoms with Gasteiger partial charge in [-0.2, -0.15) is 0 Å². The van der Waals surface area contributed by atoms with E-state index in [9.17, 15) is 9.50 Å². The van der Waals surface area contributed by atoms with E-state index in [1.807, 2.05) is 30.3 Å². The van der Waals surface area contributed by atoms with Gasteiger partial charge in [0.1, 0.15) is 5.82 Å². The quantitative estimate of drug-likeness (QED) is 0.656. The summed E-state index contributed by atoms with van der Waals surface area (Å²) in [5.74, 6) is 5.69. The number of unbranched alkanes of at least 4 members (excludes halogenated alkanes) is 2. The van der Waals surface area contributed by atoms with Crippen molar-refractivity contribution in [1.29, 1.82) is 0 Å². The van der Waals surface area contributed by atoms with Crippen molar-refractivity contribution in [3.63, 3.8) is 0 Å². The Morgan fingerprint density at radius 3 is 2.24 bits per heavy atom. The van der Waals surface area contributed by atoms with Gasteiger partial charge in [-0.05, 0) is 18.6 Å². The fourth-order valence-corrected chi connectivity index (χ4v) is 2.14. The maximum absolute atomic E-state index is 13.1. The molecule has 0 aromatic heterocycles. The van der Waals surface area contributed by atoms with Crippen LogP contribution in [-0.2, 0) is 5.60 Å². The number of benzene rings is 2. The van der Waals surface area contributed by atoms with Gasteiger partial charge < -0.3 is 5.11 Å². The molecule has 0 aliphatic heterocycles. The van der Waals surface area contributed by atoms with Crippen LogP contribution in [0.2, 0.25) is 0 Å². The maximum atomic E-state index is 13.1. The molecule has 108 valence electrons. The summed E-state index contributed by atoms with van der Waals surface area (Å²) in [4.78, 5) is 0. The van der Waals surface area contributed by atoms with Gasteiger partial charge >= 0.3 is 0 Å². The summed E-state index contributed by atoms with van der Waals surface area (Å²) in [6.07, 6.45) is 2.81. The molecule has 1 atom stereocenters. The van der Waals surface area contributed by atoms with E-state index in [1.54, 1.807) is 12.1 Å². The maximum Gasteiger partial charge on any atom is 0.176 e. The van der Waals surface area contributed by atoms with Gasteiger partial charge in [-0.1, -0.05) is 67.6 Å².